The summed E-state index contributed by atoms with van der Waals surface area (Å²) in [5, 5.41) is 1.27. The number of rotatable bonds is 11. The van der Waals surface area contributed by atoms with E-state index >= 15 is 4.79 Å². The minimum atomic E-state index is -4.40. The van der Waals surface area contributed by atoms with Crippen LogP contribution in [0.1, 0.15) is 98.8 Å². The van der Waals surface area contributed by atoms with Crippen LogP contribution in [0, 0.1) is 29.1 Å². The van der Waals surface area contributed by atoms with Crippen LogP contribution < -0.4 is 18.9 Å². The molecule has 61 heavy (non-hydrogen) atoms. The van der Waals surface area contributed by atoms with Gasteiger partial charge >= 0.3 is 5.97 Å². The van der Waals surface area contributed by atoms with Crippen molar-refractivity contribution in [2.45, 2.75) is 127 Å². The smallest absolute Gasteiger partial charge is 0.307 e. The molecule has 5 aliphatic rings. The number of benzene rings is 1. The lowest BCUT2D eigenvalue weighted by molar-refractivity contribution is -0.197. The number of amides is 2. The third kappa shape index (κ3) is 8.81. The Morgan fingerprint density at radius 1 is 1.07 bits per heavy atom. The Hall–Kier alpha value is -4.41. The third-order valence-electron chi connectivity index (χ3n) is 13.7. The number of alkyl halides is 3. The highest BCUT2D eigenvalue weighted by Crippen LogP contribution is 2.58. The zero-order valence-electron chi connectivity index (χ0n) is 35.3. The number of sulfonamides is 1. The first kappa shape index (κ1) is 44.6. The number of hydrogen-bond acceptors (Lipinski definition) is 11. The van der Waals surface area contributed by atoms with Gasteiger partial charge in [0.2, 0.25) is 27.7 Å². The van der Waals surface area contributed by atoms with Crippen LogP contribution in [0.25, 0.3) is 10.8 Å². The van der Waals surface area contributed by atoms with Crippen molar-refractivity contribution in [1.82, 2.24) is 14.6 Å². The predicted octanol–water partition coefficient (Wildman–Crippen LogP) is 6.65. The number of ketones is 1. The molecule has 17 heteroatoms. The van der Waals surface area contributed by atoms with Crippen LogP contribution in [0.15, 0.2) is 36.5 Å². The molecule has 2 aliphatic carbocycles. The Kier molecular flexibility index (Phi) is 12.2. The zero-order chi connectivity index (χ0) is 44.1. The fourth-order valence-electron chi connectivity index (χ4n) is 9.08. The summed E-state index contributed by atoms with van der Waals surface area (Å²) in [6.07, 6.45) is 6.01. The van der Waals surface area contributed by atoms with Crippen molar-refractivity contribution in [1.29, 1.82) is 0 Å². The van der Waals surface area contributed by atoms with Gasteiger partial charge in [-0.05, 0) is 88.3 Å². The second-order valence-electron chi connectivity index (χ2n) is 18.3. The minimum absolute atomic E-state index is 0.0336. The molecule has 4 heterocycles. The number of ether oxygens (including phenoxy) is 4. The molecular formula is C44H56F3N3O10S. The fourth-order valence-corrected chi connectivity index (χ4v) is 10.5. The van der Waals surface area contributed by atoms with Gasteiger partial charge in [0.1, 0.15) is 30.7 Å². The summed E-state index contributed by atoms with van der Waals surface area (Å²) in [5.41, 5.74) is -3.65. The number of halogens is 3. The number of nitrogens with zero attached hydrogens (tertiary/aromatic N) is 2. The predicted molar refractivity (Wildman–Crippen MR) is 217 cm³/mol. The van der Waals surface area contributed by atoms with E-state index in [2.05, 4.69) is 9.71 Å². The summed E-state index contributed by atoms with van der Waals surface area (Å²) >= 11 is 0. The number of Topliss-reactive ketones (excluding diaryl/α,β-unsaturated/α-hetero) is 1. The fraction of sp³-hybridized carbons (Fsp3) is 0.659. The number of pyridine rings is 1. The molecule has 1 aromatic carbocycles. The van der Waals surface area contributed by atoms with Crippen molar-refractivity contribution in [3.05, 3.63) is 36.5 Å². The molecule has 3 fully saturated rings. The maximum atomic E-state index is 15.1. The number of allylic oxidation sites excluding steroid dienone is 2. The summed E-state index contributed by atoms with van der Waals surface area (Å²) in [4.78, 5) is 63.4. The lowest BCUT2D eigenvalue weighted by Crippen LogP contribution is -2.49. The number of carbonyl (C=O) groups excluding carboxylic acids is 4. The molecule has 1 N–H and O–H groups in total. The first-order valence-electron chi connectivity index (χ1n) is 21.3. The van der Waals surface area contributed by atoms with Crippen LogP contribution in [0.3, 0.4) is 0 Å². The monoisotopic (exact) mass is 875 g/mol. The van der Waals surface area contributed by atoms with E-state index in [1.54, 1.807) is 24.4 Å². The van der Waals surface area contributed by atoms with Crippen molar-refractivity contribution in [3.8, 4) is 17.4 Å². The molecule has 0 radical (unpaired) electrons. The molecule has 1 saturated heterocycles. The van der Waals surface area contributed by atoms with Gasteiger partial charge in [0.15, 0.2) is 22.9 Å². The normalized spacial score (nSPS) is 29.7. The van der Waals surface area contributed by atoms with E-state index in [4.69, 9.17) is 18.9 Å². The molecule has 7 rings (SSSR count). The molecule has 334 valence electrons. The molecule has 0 spiro atoms. The third-order valence-corrected chi connectivity index (χ3v) is 15.8. The number of fused-ring (bicyclic) bond motifs is 5. The van der Waals surface area contributed by atoms with Crippen LogP contribution in [-0.4, -0.2) is 96.7 Å². The standard InChI is InChI=1S/C44H56F3N3O10S/c1-6-27-19-26(2)9-7-8-10-28-22-44(28,40(54)49-61(55,56)43(25-45)14-15-43)23-34(51)33-20-29(24-50(33)39(53)32(27)21-36(52)60-41(3,4)42(5,46)47)59-38-31-11-12-35-37(58-18-17-57-35)30(31)13-16-48-38/h8,10-13,16,26-29,32-33H,6-7,9,14-15,17-25H2,1-5H3,(H,49,54)/b10-8-/t26-,27-,28-,29-,32+,33+,44-/m1/s1. The molecule has 0 unspecified atom stereocenters. The second kappa shape index (κ2) is 16.7. The average Bonchev–Trinajstić information content (AvgIpc) is 4.11. The van der Waals surface area contributed by atoms with Gasteiger partial charge in [-0.2, -0.15) is 0 Å². The minimum Gasteiger partial charge on any atom is -0.486 e. The first-order chi connectivity index (χ1) is 28.7. The molecular weight excluding hydrogens is 820 g/mol. The Morgan fingerprint density at radius 3 is 2.49 bits per heavy atom. The maximum absolute atomic E-state index is 15.1. The van der Waals surface area contributed by atoms with Crippen molar-refractivity contribution in [2.75, 3.05) is 26.4 Å². The largest absolute Gasteiger partial charge is 0.486 e. The number of aromatic nitrogens is 1. The van der Waals surface area contributed by atoms with Gasteiger partial charge in [-0.3, -0.25) is 23.9 Å². The van der Waals surface area contributed by atoms with E-state index in [1.165, 1.54) is 4.90 Å². The van der Waals surface area contributed by atoms with E-state index < -0.39 is 105 Å². The van der Waals surface area contributed by atoms with Crippen molar-refractivity contribution in [3.63, 3.8) is 0 Å². The van der Waals surface area contributed by atoms with Gasteiger partial charge in [0.05, 0.1) is 30.3 Å². The molecule has 1 aromatic heterocycles. The van der Waals surface area contributed by atoms with E-state index in [-0.39, 0.29) is 44.0 Å². The number of nitrogens with one attached hydrogen (secondary N) is 1. The summed E-state index contributed by atoms with van der Waals surface area (Å²) in [6.45, 7) is 6.23. The molecule has 7 atom stereocenters. The maximum Gasteiger partial charge on any atom is 0.307 e. The molecule has 2 saturated carbocycles. The zero-order valence-corrected chi connectivity index (χ0v) is 36.2. The quantitative estimate of drug-likeness (QED) is 0.190. The van der Waals surface area contributed by atoms with Crippen LogP contribution in [-0.2, 0) is 33.9 Å². The van der Waals surface area contributed by atoms with Gasteiger partial charge in [0.25, 0.3) is 5.92 Å². The number of carbonyl (C=O) groups is 4. The van der Waals surface area contributed by atoms with Crippen LogP contribution in [0.5, 0.6) is 17.4 Å². The van der Waals surface area contributed by atoms with E-state index in [0.29, 0.717) is 68.1 Å². The number of hydrogen-bond donors (Lipinski definition) is 1. The van der Waals surface area contributed by atoms with Crippen molar-refractivity contribution in [2.24, 2.45) is 29.1 Å². The lowest BCUT2D eigenvalue weighted by atomic mass is 9.79. The van der Waals surface area contributed by atoms with Gasteiger partial charge in [-0.25, -0.2) is 26.6 Å². The van der Waals surface area contributed by atoms with E-state index in [0.717, 1.165) is 13.8 Å². The number of esters is 1. The Morgan fingerprint density at radius 2 is 1.80 bits per heavy atom. The molecule has 3 aliphatic heterocycles. The SMILES string of the molecule is CC[C@@H]1C[C@H](C)CC/C=C\[C@@H]2C[C@@]2(C(=O)NS(=O)(=O)C2(CF)CC2)CC(=O)[C@@H]2C[C@@H](Oc3nccc4c5c(ccc34)OCCO5)CN2C(=O)[C@H]1CC(=O)OC(C)(C)C(C)(F)F. The van der Waals surface area contributed by atoms with Gasteiger partial charge in [0, 0.05) is 36.7 Å². The highest BCUT2D eigenvalue weighted by Gasteiger charge is 2.63. The van der Waals surface area contributed by atoms with Crippen molar-refractivity contribution >= 4 is 44.4 Å². The Bertz CT molecular complexity index is 2190. The van der Waals surface area contributed by atoms with Crippen LogP contribution in [0.2, 0.25) is 0 Å². The van der Waals surface area contributed by atoms with Crippen molar-refractivity contribution < 1.29 is 59.7 Å². The van der Waals surface area contributed by atoms with Gasteiger partial charge in [-0.1, -0.05) is 32.4 Å². The first-order valence-corrected chi connectivity index (χ1v) is 22.8. The summed E-state index contributed by atoms with van der Waals surface area (Å²) < 4.78 is 93.5. The molecule has 2 aromatic rings. The van der Waals surface area contributed by atoms with Gasteiger partial charge < -0.3 is 23.8 Å². The average molecular weight is 876 g/mol. The Balaban J connectivity index is 1.24. The molecule has 13 nitrogen and oxygen atoms in total. The second-order valence-corrected chi connectivity index (χ2v) is 20.4. The van der Waals surface area contributed by atoms with Gasteiger partial charge in [-0.15, -0.1) is 0 Å². The van der Waals surface area contributed by atoms with E-state index in [9.17, 15) is 36.0 Å². The van der Waals surface area contributed by atoms with Crippen LogP contribution in [0.4, 0.5) is 13.2 Å². The highest BCUT2D eigenvalue weighted by atomic mass is 32.2. The summed E-state index contributed by atoms with van der Waals surface area (Å²) in [7, 11) is -4.40. The topological polar surface area (TPSA) is 168 Å². The molecule has 2 amide bonds. The highest BCUT2D eigenvalue weighted by molar-refractivity contribution is 7.91. The summed E-state index contributed by atoms with van der Waals surface area (Å²) in [5.74, 6) is -6.99. The van der Waals surface area contributed by atoms with Crippen LogP contribution >= 0.6 is 0 Å². The van der Waals surface area contributed by atoms with E-state index in [1.807, 2.05) is 26.0 Å². The Labute approximate surface area is 354 Å². The lowest BCUT2D eigenvalue weighted by Gasteiger charge is -2.35. The summed E-state index contributed by atoms with van der Waals surface area (Å²) in [6, 6.07) is 4.10. The molecule has 0 bridgehead atoms.